The van der Waals surface area contributed by atoms with Crippen LogP contribution >= 0.6 is 0 Å². The highest BCUT2D eigenvalue weighted by molar-refractivity contribution is 4.98. The average Bonchev–Trinajstić information content (AvgIpc) is 3.32. The van der Waals surface area contributed by atoms with Gasteiger partial charge in [-0.3, -0.25) is 0 Å². The molecule has 2 heterocycles. The summed E-state index contributed by atoms with van der Waals surface area (Å²) >= 11 is 0. The zero-order valence-corrected chi connectivity index (χ0v) is 18.9. The Labute approximate surface area is 178 Å². The van der Waals surface area contributed by atoms with E-state index in [-0.39, 0.29) is 18.3 Å². The lowest BCUT2D eigenvalue weighted by molar-refractivity contribution is -0.0543. The molecule has 2 aliphatic heterocycles. The molecule has 0 aliphatic carbocycles. The van der Waals surface area contributed by atoms with E-state index in [1.807, 2.05) is 0 Å². The molecule has 172 valence electrons. The molecule has 2 aliphatic rings. The van der Waals surface area contributed by atoms with Crippen LogP contribution in [0.5, 0.6) is 0 Å². The maximum atomic E-state index is 5.98. The van der Waals surface area contributed by atoms with E-state index in [2.05, 4.69) is 19.2 Å². The van der Waals surface area contributed by atoms with Crippen LogP contribution in [-0.2, 0) is 23.7 Å². The summed E-state index contributed by atoms with van der Waals surface area (Å²) in [6.07, 6.45) is 12.0. The lowest BCUT2D eigenvalue weighted by Gasteiger charge is -2.18. The molecular formula is C23H45NO5. The molecule has 0 saturated carbocycles. The minimum atomic E-state index is 0.0230. The van der Waals surface area contributed by atoms with E-state index < -0.39 is 0 Å². The predicted octanol–water partition coefficient (Wildman–Crippen LogP) is 3.71. The maximum absolute atomic E-state index is 5.98. The van der Waals surface area contributed by atoms with Crippen LogP contribution in [0.1, 0.15) is 71.6 Å². The van der Waals surface area contributed by atoms with Crippen LogP contribution in [0.4, 0.5) is 0 Å². The summed E-state index contributed by atoms with van der Waals surface area (Å²) in [7, 11) is 0. The second-order valence-electron chi connectivity index (χ2n) is 8.27. The lowest BCUT2D eigenvalue weighted by Crippen LogP contribution is -2.41. The number of hydrogen-bond acceptors (Lipinski definition) is 6. The molecule has 0 aromatic carbocycles. The van der Waals surface area contributed by atoms with Crippen molar-refractivity contribution in [3.05, 3.63) is 0 Å². The SMILES string of the molecule is CCCCCCCCCCN[C@H]1CO[C@H]2[C@@H]1OC[C@H]2OCCOCCOCCC. The smallest absolute Gasteiger partial charge is 0.114 e. The second kappa shape index (κ2) is 16.5. The van der Waals surface area contributed by atoms with Crippen LogP contribution in [0.25, 0.3) is 0 Å². The summed E-state index contributed by atoms with van der Waals surface area (Å²) in [4.78, 5) is 0. The molecule has 29 heavy (non-hydrogen) atoms. The molecule has 0 radical (unpaired) electrons. The molecule has 6 nitrogen and oxygen atoms in total. The highest BCUT2D eigenvalue weighted by Gasteiger charge is 2.47. The third-order valence-electron chi connectivity index (χ3n) is 5.72. The molecule has 0 bridgehead atoms. The molecule has 4 atom stereocenters. The van der Waals surface area contributed by atoms with Crippen molar-refractivity contribution in [1.82, 2.24) is 5.32 Å². The van der Waals surface area contributed by atoms with Crippen molar-refractivity contribution in [1.29, 1.82) is 0 Å². The molecule has 0 amide bonds. The molecule has 0 aromatic rings. The fraction of sp³-hybridized carbons (Fsp3) is 1.00. The summed E-state index contributed by atoms with van der Waals surface area (Å²) in [6.45, 7) is 10.00. The van der Waals surface area contributed by atoms with Crippen molar-refractivity contribution >= 4 is 0 Å². The first-order valence-electron chi connectivity index (χ1n) is 12.1. The van der Waals surface area contributed by atoms with Crippen LogP contribution in [0.15, 0.2) is 0 Å². The van der Waals surface area contributed by atoms with E-state index in [4.69, 9.17) is 23.7 Å². The fourth-order valence-corrected chi connectivity index (χ4v) is 4.05. The van der Waals surface area contributed by atoms with Gasteiger partial charge in [0.25, 0.3) is 0 Å². The number of rotatable bonds is 19. The van der Waals surface area contributed by atoms with Crippen LogP contribution < -0.4 is 5.32 Å². The first-order valence-corrected chi connectivity index (χ1v) is 12.1. The first-order chi connectivity index (χ1) is 14.4. The van der Waals surface area contributed by atoms with Crippen molar-refractivity contribution in [2.24, 2.45) is 0 Å². The van der Waals surface area contributed by atoms with Gasteiger partial charge in [-0.1, -0.05) is 58.8 Å². The monoisotopic (exact) mass is 415 g/mol. The molecule has 2 fully saturated rings. The van der Waals surface area contributed by atoms with Crippen molar-refractivity contribution < 1.29 is 23.7 Å². The number of unbranched alkanes of at least 4 members (excludes halogenated alkanes) is 7. The zero-order chi connectivity index (χ0) is 20.6. The van der Waals surface area contributed by atoms with Gasteiger partial charge in [-0.05, 0) is 19.4 Å². The van der Waals surface area contributed by atoms with Gasteiger partial charge < -0.3 is 29.0 Å². The highest BCUT2D eigenvalue weighted by Crippen LogP contribution is 2.28. The molecule has 0 aromatic heterocycles. The van der Waals surface area contributed by atoms with E-state index in [1.54, 1.807) is 0 Å². The van der Waals surface area contributed by atoms with Gasteiger partial charge >= 0.3 is 0 Å². The Morgan fingerprint density at radius 1 is 0.690 bits per heavy atom. The first kappa shape index (κ1) is 25.0. The number of fused-ring (bicyclic) bond motifs is 1. The summed E-state index contributed by atoms with van der Waals surface area (Å²) < 4.78 is 28.8. The summed E-state index contributed by atoms with van der Waals surface area (Å²) in [5, 5.41) is 3.64. The molecule has 0 spiro atoms. The molecule has 2 saturated heterocycles. The standard InChI is InChI=1S/C23H45NO5/c1-3-5-6-7-8-9-10-11-12-24-20-18-28-23-21(19-29-22(20)23)27-17-16-26-15-14-25-13-4-2/h20-24H,3-19H2,1-2H3/t20-,21+,22+,23+/m0/s1. The highest BCUT2D eigenvalue weighted by atomic mass is 16.6. The Bertz CT molecular complexity index is 384. The Balaban J connectivity index is 1.45. The largest absolute Gasteiger partial charge is 0.379 e. The Kier molecular flexibility index (Phi) is 14.2. The van der Waals surface area contributed by atoms with Crippen molar-refractivity contribution in [2.45, 2.75) is 96.0 Å². The van der Waals surface area contributed by atoms with E-state index in [0.29, 0.717) is 39.1 Å². The van der Waals surface area contributed by atoms with Crippen molar-refractivity contribution in [2.75, 3.05) is 52.8 Å². The average molecular weight is 416 g/mol. The van der Waals surface area contributed by atoms with Crippen molar-refractivity contribution in [3.63, 3.8) is 0 Å². The van der Waals surface area contributed by atoms with Crippen LogP contribution in [0, 0.1) is 0 Å². The Morgan fingerprint density at radius 3 is 2.10 bits per heavy atom. The van der Waals surface area contributed by atoms with Gasteiger partial charge in [0.1, 0.15) is 18.3 Å². The van der Waals surface area contributed by atoms with Gasteiger partial charge in [-0.2, -0.15) is 0 Å². The molecular weight excluding hydrogens is 370 g/mol. The van der Waals surface area contributed by atoms with E-state index in [1.165, 1.54) is 51.4 Å². The number of hydrogen-bond donors (Lipinski definition) is 1. The van der Waals surface area contributed by atoms with Gasteiger partial charge in [0.15, 0.2) is 0 Å². The minimum absolute atomic E-state index is 0.0230. The van der Waals surface area contributed by atoms with Gasteiger partial charge in [0.2, 0.25) is 0 Å². The third kappa shape index (κ3) is 10.1. The van der Waals surface area contributed by atoms with E-state index in [9.17, 15) is 0 Å². The number of ether oxygens (including phenoxy) is 5. The summed E-state index contributed by atoms with van der Waals surface area (Å²) in [6, 6.07) is 0.296. The van der Waals surface area contributed by atoms with Gasteiger partial charge in [-0.25, -0.2) is 0 Å². The van der Waals surface area contributed by atoms with Gasteiger partial charge in [0, 0.05) is 6.61 Å². The van der Waals surface area contributed by atoms with Crippen LogP contribution in [0.3, 0.4) is 0 Å². The van der Waals surface area contributed by atoms with E-state index in [0.717, 1.165) is 26.2 Å². The second-order valence-corrected chi connectivity index (χ2v) is 8.27. The molecule has 2 rings (SSSR count). The summed E-state index contributed by atoms with van der Waals surface area (Å²) in [5.41, 5.74) is 0. The number of nitrogens with one attached hydrogen (secondary N) is 1. The molecule has 0 unspecified atom stereocenters. The Hall–Kier alpha value is -0.240. The van der Waals surface area contributed by atoms with Crippen molar-refractivity contribution in [3.8, 4) is 0 Å². The molecule has 6 heteroatoms. The predicted molar refractivity (Wildman–Crippen MR) is 116 cm³/mol. The molecule has 1 N–H and O–H groups in total. The lowest BCUT2D eigenvalue weighted by atomic mass is 10.1. The van der Waals surface area contributed by atoms with Crippen LogP contribution in [-0.4, -0.2) is 77.1 Å². The topological polar surface area (TPSA) is 58.2 Å². The van der Waals surface area contributed by atoms with Crippen LogP contribution in [0.2, 0.25) is 0 Å². The zero-order valence-electron chi connectivity index (χ0n) is 18.9. The fourth-order valence-electron chi connectivity index (χ4n) is 4.05. The van der Waals surface area contributed by atoms with E-state index >= 15 is 0 Å². The Morgan fingerprint density at radius 2 is 1.34 bits per heavy atom. The van der Waals surface area contributed by atoms with Gasteiger partial charge in [-0.15, -0.1) is 0 Å². The third-order valence-corrected chi connectivity index (χ3v) is 5.72. The summed E-state index contributed by atoms with van der Waals surface area (Å²) in [5.74, 6) is 0. The van der Waals surface area contributed by atoms with Gasteiger partial charge in [0.05, 0.1) is 45.7 Å². The maximum Gasteiger partial charge on any atom is 0.114 e. The minimum Gasteiger partial charge on any atom is -0.379 e. The normalized spacial score (nSPS) is 26.3. The quantitative estimate of drug-likeness (QED) is 0.325.